The van der Waals surface area contributed by atoms with E-state index in [1.807, 2.05) is 66.7 Å². The molecule has 0 aliphatic rings. The van der Waals surface area contributed by atoms with Crippen molar-refractivity contribution in [3.63, 3.8) is 0 Å². The van der Waals surface area contributed by atoms with Gasteiger partial charge in [0, 0.05) is 24.7 Å². The molecular formula is C29H32N2O3. The third-order valence-corrected chi connectivity index (χ3v) is 5.25. The van der Waals surface area contributed by atoms with Crippen molar-refractivity contribution in [1.82, 2.24) is 10.6 Å². The molecule has 0 atom stereocenters. The zero-order chi connectivity index (χ0) is 24.2. The number of rotatable bonds is 11. The predicted molar refractivity (Wildman–Crippen MR) is 136 cm³/mol. The Morgan fingerprint density at radius 1 is 0.853 bits per heavy atom. The fourth-order valence-corrected chi connectivity index (χ4v) is 3.19. The molecule has 0 spiro atoms. The first-order valence-corrected chi connectivity index (χ1v) is 11.6. The summed E-state index contributed by atoms with van der Waals surface area (Å²) in [7, 11) is 0. The Kier molecular flexibility index (Phi) is 9.47. The smallest absolute Gasteiger partial charge is 0.251 e. The van der Waals surface area contributed by atoms with Gasteiger partial charge in [-0.05, 0) is 59.4 Å². The Labute approximate surface area is 201 Å². The summed E-state index contributed by atoms with van der Waals surface area (Å²) in [5, 5.41) is 5.79. The molecule has 2 amide bonds. The van der Waals surface area contributed by atoms with E-state index in [2.05, 4.69) is 24.5 Å². The lowest BCUT2D eigenvalue weighted by Gasteiger charge is -2.08. The van der Waals surface area contributed by atoms with Gasteiger partial charge in [0.2, 0.25) is 5.91 Å². The van der Waals surface area contributed by atoms with E-state index in [0.29, 0.717) is 31.2 Å². The molecule has 3 aromatic carbocycles. The zero-order valence-corrected chi connectivity index (χ0v) is 19.8. The van der Waals surface area contributed by atoms with E-state index in [9.17, 15) is 9.59 Å². The van der Waals surface area contributed by atoms with Crippen LogP contribution < -0.4 is 15.4 Å². The summed E-state index contributed by atoms with van der Waals surface area (Å²) in [6, 6.07) is 24.9. The minimum Gasteiger partial charge on any atom is -0.489 e. The minimum absolute atomic E-state index is 0.0735. The molecule has 5 nitrogen and oxygen atoms in total. The topological polar surface area (TPSA) is 67.4 Å². The number of ether oxygens (including phenoxy) is 1. The Bertz CT molecular complexity index is 1070. The highest BCUT2D eigenvalue weighted by Gasteiger charge is 2.06. The van der Waals surface area contributed by atoms with E-state index in [1.54, 1.807) is 18.2 Å². The molecule has 0 aliphatic carbocycles. The Hall–Kier alpha value is -3.86. The van der Waals surface area contributed by atoms with Crippen molar-refractivity contribution in [2.45, 2.75) is 33.4 Å². The highest BCUT2D eigenvalue weighted by atomic mass is 16.5. The van der Waals surface area contributed by atoms with Crippen molar-refractivity contribution >= 4 is 17.9 Å². The maximum Gasteiger partial charge on any atom is 0.251 e. The highest BCUT2D eigenvalue weighted by molar-refractivity contribution is 5.94. The molecule has 176 valence electrons. The van der Waals surface area contributed by atoms with Gasteiger partial charge in [0.25, 0.3) is 5.91 Å². The van der Waals surface area contributed by atoms with Gasteiger partial charge in [0.05, 0.1) is 0 Å². The molecule has 5 heteroatoms. The number of amides is 2. The van der Waals surface area contributed by atoms with E-state index in [4.69, 9.17) is 4.74 Å². The highest BCUT2D eigenvalue weighted by Crippen LogP contribution is 2.15. The van der Waals surface area contributed by atoms with Crippen LogP contribution in [0.4, 0.5) is 0 Å². The number of nitrogens with one attached hydrogen (secondary N) is 2. The van der Waals surface area contributed by atoms with Crippen LogP contribution in [0.15, 0.2) is 84.9 Å². The standard InChI is InChI=1S/C29H32N2O3/c1-22(2)18-19-30-29(33)26-13-8-24(9-14-26)20-31-28(32)17-12-23-10-15-27(16-11-23)34-21-25-6-4-3-5-7-25/h3-17,22H,18-21H2,1-2H3,(H,30,33)(H,31,32)/b17-12+. The Morgan fingerprint density at radius 2 is 1.56 bits per heavy atom. The minimum atomic E-state index is -0.181. The van der Waals surface area contributed by atoms with Crippen LogP contribution in [0.25, 0.3) is 6.08 Å². The largest absolute Gasteiger partial charge is 0.489 e. The van der Waals surface area contributed by atoms with Gasteiger partial charge in [-0.25, -0.2) is 0 Å². The van der Waals surface area contributed by atoms with E-state index < -0.39 is 0 Å². The molecule has 0 unspecified atom stereocenters. The van der Waals surface area contributed by atoms with Crippen molar-refractivity contribution in [2.24, 2.45) is 5.92 Å². The number of hydrogen-bond donors (Lipinski definition) is 2. The summed E-state index contributed by atoms with van der Waals surface area (Å²) in [6.45, 7) is 5.84. The van der Waals surface area contributed by atoms with Crippen LogP contribution in [0.1, 0.15) is 47.3 Å². The molecular weight excluding hydrogens is 424 g/mol. The van der Waals surface area contributed by atoms with Crippen LogP contribution in [0.3, 0.4) is 0 Å². The van der Waals surface area contributed by atoms with Crippen LogP contribution in [0.2, 0.25) is 0 Å². The average molecular weight is 457 g/mol. The summed E-state index contributed by atoms with van der Waals surface area (Å²) in [4.78, 5) is 24.3. The van der Waals surface area contributed by atoms with Crippen molar-refractivity contribution < 1.29 is 14.3 Å². The molecule has 3 rings (SSSR count). The normalized spacial score (nSPS) is 10.9. The fraction of sp³-hybridized carbons (Fsp3) is 0.241. The first kappa shape index (κ1) is 24.8. The summed E-state index contributed by atoms with van der Waals surface area (Å²) in [6.07, 6.45) is 4.23. The number of benzene rings is 3. The van der Waals surface area contributed by atoms with Crippen molar-refractivity contribution in [2.75, 3.05) is 6.54 Å². The van der Waals surface area contributed by atoms with Gasteiger partial charge in [0.1, 0.15) is 12.4 Å². The summed E-state index contributed by atoms with van der Waals surface area (Å²) < 4.78 is 5.78. The fourth-order valence-electron chi connectivity index (χ4n) is 3.19. The van der Waals surface area contributed by atoms with Crippen LogP contribution in [-0.2, 0) is 17.9 Å². The third kappa shape index (κ3) is 8.58. The van der Waals surface area contributed by atoms with Crippen molar-refractivity contribution in [3.05, 3.63) is 107 Å². The average Bonchev–Trinajstić information content (AvgIpc) is 2.86. The van der Waals surface area contributed by atoms with Gasteiger partial charge in [-0.2, -0.15) is 0 Å². The zero-order valence-electron chi connectivity index (χ0n) is 19.8. The second-order valence-electron chi connectivity index (χ2n) is 8.53. The van der Waals surface area contributed by atoms with Gasteiger partial charge in [-0.3, -0.25) is 9.59 Å². The van der Waals surface area contributed by atoms with E-state index in [-0.39, 0.29) is 11.8 Å². The Morgan fingerprint density at radius 3 is 2.24 bits per heavy atom. The second kappa shape index (κ2) is 13.0. The van der Waals surface area contributed by atoms with Gasteiger partial charge in [0.15, 0.2) is 0 Å². The number of carbonyl (C=O) groups is 2. The molecule has 0 aromatic heterocycles. The summed E-state index contributed by atoms with van der Waals surface area (Å²) >= 11 is 0. The van der Waals surface area contributed by atoms with Gasteiger partial charge in [-0.1, -0.05) is 68.4 Å². The molecule has 0 fully saturated rings. The molecule has 0 saturated carbocycles. The maximum atomic E-state index is 12.2. The predicted octanol–water partition coefficient (Wildman–Crippen LogP) is 5.37. The SMILES string of the molecule is CC(C)CCNC(=O)c1ccc(CNC(=O)/C=C/c2ccc(OCc3ccccc3)cc2)cc1. The lowest BCUT2D eigenvalue weighted by atomic mass is 10.1. The van der Waals surface area contributed by atoms with Crippen molar-refractivity contribution in [1.29, 1.82) is 0 Å². The summed E-state index contributed by atoms with van der Waals surface area (Å²) in [5.74, 6) is 1.08. The summed E-state index contributed by atoms with van der Waals surface area (Å²) in [5.41, 5.74) is 3.58. The molecule has 0 bridgehead atoms. The van der Waals surface area contributed by atoms with Gasteiger partial charge >= 0.3 is 0 Å². The van der Waals surface area contributed by atoms with Crippen LogP contribution >= 0.6 is 0 Å². The van der Waals surface area contributed by atoms with Gasteiger partial charge < -0.3 is 15.4 Å². The lowest BCUT2D eigenvalue weighted by Crippen LogP contribution is -2.25. The maximum absolute atomic E-state index is 12.2. The molecule has 0 aliphatic heterocycles. The molecule has 34 heavy (non-hydrogen) atoms. The number of hydrogen-bond acceptors (Lipinski definition) is 3. The van der Waals surface area contributed by atoms with E-state index in [1.165, 1.54) is 6.08 Å². The third-order valence-electron chi connectivity index (χ3n) is 5.25. The molecule has 3 aromatic rings. The first-order chi connectivity index (χ1) is 16.5. The van der Waals surface area contributed by atoms with Crippen LogP contribution in [0.5, 0.6) is 5.75 Å². The van der Waals surface area contributed by atoms with E-state index in [0.717, 1.165) is 28.9 Å². The van der Waals surface area contributed by atoms with Crippen molar-refractivity contribution in [3.8, 4) is 5.75 Å². The molecule has 0 radical (unpaired) electrons. The first-order valence-electron chi connectivity index (χ1n) is 11.6. The molecule has 0 heterocycles. The Balaban J connectivity index is 1.41. The molecule has 2 N–H and O–H groups in total. The quantitative estimate of drug-likeness (QED) is 0.381. The monoisotopic (exact) mass is 456 g/mol. The van der Waals surface area contributed by atoms with Gasteiger partial charge in [-0.15, -0.1) is 0 Å². The number of carbonyl (C=O) groups excluding carboxylic acids is 2. The van der Waals surface area contributed by atoms with E-state index >= 15 is 0 Å². The molecule has 0 saturated heterocycles. The van der Waals surface area contributed by atoms with Crippen LogP contribution in [-0.4, -0.2) is 18.4 Å². The lowest BCUT2D eigenvalue weighted by molar-refractivity contribution is -0.116. The second-order valence-corrected chi connectivity index (χ2v) is 8.53. The van der Waals surface area contributed by atoms with Crippen LogP contribution in [0, 0.1) is 5.92 Å².